The van der Waals surface area contributed by atoms with Gasteiger partial charge in [0.25, 0.3) is 5.91 Å². The number of allylic oxidation sites excluding steroid dienone is 2. The number of aromatic amines is 1. The van der Waals surface area contributed by atoms with Gasteiger partial charge in [0.05, 0.1) is 49.0 Å². The molecular weight excluding hydrogens is 1260 g/mol. The number of ketones is 2. The number of ether oxygens (including phenoxy) is 5. The third-order valence-electron chi connectivity index (χ3n) is 29.5. The molecule has 526 valence electrons. The van der Waals surface area contributed by atoms with E-state index < -0.39 is 54.3 Å². The van der Waals surface area contributed by atoms with Crippen LogP contribution in [0.25, 0.3) is 33.3 Å². The SMILES string of the molecule is COc1c2c3c4c(O)c(c5c6c4c1CCC6=C[C@@H]1CCC[C@@H]51)C(=O)CN1Cc4c(cccc4C1=O)CC#CO[C@H]1[C@H](O)[C@@H](CO[C@@H](c4c[nH]c5cc6c7c(c45)C[C@]4(C[C@@H]5C[C@H]8CCC[C@@]8(O)C[C@]75CC6)C[C@]5(CC[C@@H](CCCO)C5)C[C@]45CC[C@H](CCC(C)=O)C5)/C=C/2)O[C@H](O3)[C@@]1(O)CO. The molecule has 7 fully saturated rings. The Morgan fingerprint density at radius 2 is 1.72 bits per heavy atom. The molecule has 16 nitrogen and oxygen atoms in total. The number of benzene rings is 4. The number of nitrogens with one attached hydrogen (secondary N) is 1. The first-order valence-electron chi connectivity index (χ1n) is 38.3. The van der Waals surface area contributed by atoms with Crippen LogP contribution in [0.4, 0.5) is 0 Å². The summed E-state index contributed by atoms with van der Waals surface area (Å²) in [5.74, 6) is 4.53. The van der Waals surface area contributed by atoms with Crippen LogP contribution in [-0.4, -0.2) is 127 Å². The number of carbonyl (C=O) groups is 3. The number of aliphatic hydroxyl groups is 5. The predicted octanol–water partition coefficient (Wildman–Crippen LogP) is 12.5. The van der Waals surface area contributed by atoms with Crippen molar-refractivity contribution in [2.24, 2.45) is 45.8 Å². The summed E-state index contributed by atoms with van der Waals surface area (Å²) in [5.41, 5.74) is 8.63. The second-order valence-corrected chi connectivity index (χ2v) is 34.4. The predicted molar refractivity (Wildman–Crippen MR) is 375 cm³/mol. The van der Waals surface area contributed by atoms with E-state index in [-0.39, 0.29) is 106 Å². The van der Waals surface area contributed by atoms with Gasteiger partial charge in [-0.25, -0.2) is 0 Å². The molecule has 5 aromatic rings. The quantitative estimate of drug-likeness (QED) is 0.0680. The van der Waals surface area contributed by atoms with Crippen molar-refractivity contribution in [3.8, 4) is 29.3 Å². The highest BCUT2D eigenvalue weighted by Crippen LogP contribution is 2.78. The van der Waals surface area contributed by atoms with Gasteiger partial charge in [-0.2, -0.15) is 0 Å². The Labute approximate surface area is 584 Å². The summed E-state index contributed by atoms with van der Waals surface area (Å²) in [4.78, 5) is 48.6. The second kappa shape index (κ2) is 23.2. The number of aromatic nitrogens is 1. The monoisotopic (exact) mass is 1360 g/mol. The molecule has 16 heteroatoms. The van der Waals surface area contributed by atoms with Crippen LogP contribution in [0, 0.1) is 57.9 Å². The van der Waals surface area contributed by atoms with Gasteiger partial charge in [0.2, 0.25) is 6.29 Å². The number of aliphatic hydroxyl groups excluding tert-OH is 3. The Hall–Kier alpha value is -6.55. The van der Waals surface area contributed by atoms with E-state index in [0.717, 1.165) is 172 Å². The van der Waals surface area contributed by atoms with Crippen LogP contribution in [-0.2, 0) is 56.6 Å². The van der Waals surface area contributed by atoms with E-state index in [9.17, 15) is 40.2 Å². The molecule has 1 saturated heterocycles. The average Bonchev–Trinajstić information content (AvgIpc) is 1.47. The second-order valence-electron chi connectivity index (χ2n) is 34.4. The Kier molecular flexibility index (Phi) is 14.9. The zero-order valence-electron chi connectivity index (χ0n) is 58.0. The summed E-state index contributed by atoms with van der Waals surface area (Å²) >= 11 is 0. The van der Waals surface area contributed by atoms with E-state index in [2.05, 4.69) is 35.4 Å². The lowest BCUT2D eigenvalue weighted by molar-refractivity contribution is -0.328. The van der Waals surface area contributed by atoms with Gasteiger partial charge in [0, 0.05) is 70.6 Å². The van der Waals surface area contributed by atoms with Crippen LogP contribution < -0.4 is 9.47 Å². The number of carbonyl (C=O) groups excluding carboxylic acids is 3. The number of methoxy groups -OCH3 is 1. The maximum atomic E-state index is 15.9. The molecule has 0 radical (unpaired) electrons. The highest BCUT2D eigenvalue weighted by Gasteiger charge is 2.70. The third kappa shape index (κ3) is 9.25. The van der Waals surface area contributed by atoms with E-state index >= 15 is 4.79 Å². The lowest BCUT2D eigenvalue weighted by atomic mass is 9.52. The zero-order valence-corrected chi connectivity index (χ0v) is 58.0. The van der Waals surface area contributed by atoms with Crippen molar-refractivity contribution in [1.29, 1.82) is 0 Å². The summed E-state index contributed by atoms with van der Waals surface area (Å²) in [6.07, 6.45) is 29.2. The smallest absolute Gasteiger partial charge is 0.254 e. The molecule has 0 unspecified atom stereocenters. The minimum atomic E-state index is -2.51. The Bertz CT molecular complexity index is 4460. The molecule has 17 atom stereocenters. The van der Waals surface area contributed by atoms with Crippen molar-refractivity contribution in [3.05, 3.63) is 109 Å². The number of Topliss-reactive ketones (excluding diaryl/α,β-unsaturated/α-hetero) is 2. The number of H-pyrrole nitrogens is 1. The van der Waals surface area contributed by atoms with Crippen molar-refractivity contribution < 1.29 is 68.7 Å². The molecule has 14 aliphatic rings. The average molecular weight is 1360 g/mol. The number of aromatic hydroxyl groups is 1. The van der Waals surface area contributed by atoms with Gasteiger partial charge in [0.1, 0.15) is 47.5 Å². The van der Waals surface area contributed by atoms with Crippen LogP contribution >= 0.6 is 0 Å². The topological polar surface area (TPSA) is 238 Å². The molecule has 10 aliphatic carbocycles. The third-order valence-corrected chi connectivity index (χ3v) is 29.5. The van der Waals surface area contributed by atoms with Gasteiger partial charge >= 0.3 is 0 Å². The minimum absolute atomic E-state index is 0.0201. The number of hydrogen-bond acceptors (Lipinski definition) is 14. The van der Waals surface area contributed by atoms with Crippen LogP contribution in [0.2, 0.25) is 0 Å². The van der Waals surface area contributed by atoms with E-state index in [1.54, 1.807) is 31.1 Å². The fraction of sp³-hybridized carbons (Fsp3) is 0.607. The standard InChI is InChI=1S/C84H96N2O14/c1-45(89)15-16-47-22-26-80(34-47)41-79(25-21-46(33-79)8-6-28-87)42-81(80)35-53-32-52-12-5-24-83(52,94)43-82(53)27-23-51-31-61-66(58(36-81)71(51)82)59(37-85-61)63-20-19-57-74(96-2)56-18-17-50-30-49-10-4-13-54(49)67-65(50)68(56)70-73(92)69(67)62(90)39-86-38-60-48(9-3-14-55(60)77(86)93)11-7-29-97-76-72(91)64(40-98-63)99-78(100-75(57)70)84(76,95)44-88/h3,9,14,19-20,30-31,37,46-47,49,52-54,63-64,72,76,78,85,87-88,91-92,94-95H,4-6,8,10-13,15-18,21-28,32-36,38-44H2,1-2H3/b20-19+/t46-,47+,49+,52-,53+,54-,63-,64-,72-,76+,78-,79+,80-,81-,82+,83-,84-/m1/s1. The van der Waals surface area contributed by atoms with Crippen molar-refractivity contribution in [2.45, 2.75) is 240 Å². The molecular formula is C84H96N2O14. The fourth-order valence-electron chi connectivity index (χ4n) is 25.5. The van der Waals surface area contributed by atoms with E-state index in [1.165, 1.54) is 42.4 Å². The molecule has 19 rings (SSSR count). The van der Waals surface area contributed by atoms with Gasteiger partial charge in [-0.1, -0.05) is 43.0 Å². The summed E-state index contributed by atoms with van der Waals surface area (Å²) in [5, 5.41) is 76.9. The molecule has 100 heavy (non-hydrogen) atoms. The molecule has 6 saturated carbocycles. The largest absolute Gasteiger partial charge is 0.506 e. The molecule has 7 N–H and O–H groups in total. The molecule has 1 aromatic heterocycles. The summed E-state index contributed by atoms with van der Waals surface area (Å²) in [6, 6.07) is 7.84. The number of fused-ring (bicyclic) bond motifs is 11. The first kappa shape index (κ1) is 64.3. The van der Waals surface area contributed by atoms with Gasteiger partial charge in [-0.15, -0.1) is 0 Å². The van der Waals surface area contributed by atoms with Crippen molar-refractivity contribution in [1.82, 2.24) is 9.88 Å². The van der Waals surface area contributed by atoms with Crippen LogP contribution in [0.1, 0.15) is 243 Å². The zero-order chi connectivity index (χ0) is 68.1. The lowest BCUT2D eigenvalue weighted by Crippen LogP contribution is -2.70. The number of nitrogens with zero attached hydrogens (tertiary/aromatic N) is 1. The minimum Gasteiger partial charge on any atom is -0.506 e. The molecule has 1 amide bonds. The highest BCUT2D eigenvalue weighted by molar-refractivity contribution is 6.17. The number of amides is 1. The van der Waals surface area contributed by atoms with Gasteiger partial charge < -0.3 is 69.0 Å². The Morgan fingerprint density at radius 3 is 2.57 bits per heavy atom. The number of hydrogen-bond donors (Lipinski definition) is 7. The van der Waals surface area contributed by atoms with E-state index in [4.69, 9.17) is 23.7 Å². The Morgan fingerprint density at radius 1 is 0.860 bits per heavy atom. The van der Waals surface area contributed by atoms with Gasteiger partial charge in [-0.05, 0) is 269 Å². The van der Waals surface area contributed by atoms with Gasteiger partial charge in [-0.3, -0.25) is 9.59 Å². The fourth-order valence-corrected chi connectivity index (χ4v) is 25.5. The van der Waals surface area contributed by atoms with Gasteiger partial charge in [0.15, 0.2) is 17.5 Å². The van der Waals surface area contributed by atoms with Crippen LogP contribution in [0.15, 0.2) is 42.6 Å². The molecule has 4 aliphatic heterocycles. The maximum Gasteiger partial charge on any atom is 0.254 e. The van der Waals surface area contributed by atoms with Crippen molar-refractivity contribution >= 4 is 50.8 Å². The summed E-state index contributed by atoms with van der Waals surface area (Å²) in [7, 11) is 1.63. The molecule has 4 aromatic carbocycles. The first-order chi connectivity index (χ1) is 48.4. The molecule has 8 bridgehead atoms. The van der Waals surface area contributed by atoms with Crippen LogP contribution in [0.3, 0.4) is 0 Å². The summed E-state index contributed by atoms with van der Waals surface area (Å²) < 4.78 is 34.7. The number of rotatable bonds is 9. The normalized spacial score (nSPS) is 38.0. The van der Waals surface area contributed by atoms with Crippen LogP contribution in [0.5, 0.6) is 17.2 Å². The van der Waals surface area contributed by atoms with E-state index in [0.29, 0.717) is 59.3 Å². The highest BCUT2D eigenvalue weighted by atomic mass is 16.7. The Balaban J connectivity index is 0.832. The molecule has 4 spiro atoms. The lowest BCUT2D eigenvalue weighted by Gasteiger charge is -2.54. The van der Waals surface area contributed by atoms with Crippen molar-refractivity contribution in [3.63, 3.8) is 0 Å². The first-order valence-corrected chi connectivity index (χ1v) is 38.3. The van der Waals surface area contributed by atoms with E-state index in [1.807, 2.05) is 18.2 Å². The number of phenols is 1. The van der Waals surface area contributed by atoms with Crippen molar-refractivity contribution in [2.75, 3.05) is 33.5 Å². The number of phenolic OH excluding ortho intramolecular Hbond substituents is 1. The number of aryl methyl sites for hydroxylation is 2. The summed E-state index contributed by atoms with van der Waals surface area (Å²) in [6.45, 7) is 0.536. The maximum absolute atomic E-state index is 15.9. The molecule has 5 heterocycles.